The predicted molar refractivity (Wildman–Crippen MR) is 66.4 cm³/mol. The summed E-state index contributed by atoms with van der Waals surface area (Å²) in [5, 5.41) is 0. The molecule has 0 N–H and O–H groups in total. The molecule has 0 rings (SSSR count). The Morgan fingerprint density at radius 3 is 1.87 bits per heavy atom. The van der Waals surface area contributed by atoms with Crippen molar-refractivity contribution in [1.29, 1.82) is 0 Å². The van der Waals surface area contributed by atoms with Crippen LogP contribution in [0.25, 0.3) is 0 Å². The van der Waals surface area contributed by atoms with E-state index in [0.29, 0.717) is 6.61 Å². The van der Waals surface area contributed by atoms with Crippen molar-refractivity contribution >= 4 is 0 Å². The zero-order valence-electron chi connectivity index (χ0n) is 11.8. The second kappa shape index (κ2) is 9.13. The number of hydrogen-bond acceptors (Lipinski definition) is 3. The highest BCUT2D eigenvalue weighted by Gasteiger charge is 2.15. The maximum atomic E-state index is 5.63. The van der Waals surface area contributed by atoms with Crippen LogP contribution in [0.1, 0.15) is 34.6 Å². The second-order valence-corrected chi connectivity index (χ2v) is 4.54. The van der Waals surface area contributed by atoms with E-state index >= 15 is 0 Å². The highest BCUT2D eigenvalue weighted by atomic mass is 16.5. The van der Waals surface area contributed by atoms with Gasteiger partial charge >= 0.3 is 0 Å². The number of nitrogens with zero attached hydrogens (tertiary/aromatic N) is 1. The van der Waals surface area contributed by atoms with Crippen molar-refractivity contribution in [2.24, 2.45) is 0 Å². The van der Waals surface area contributed by atoms with Gasteiger partial charge in [-0.15, -0.1) is 0 Å². The van der Waals surface area contributed by atoms with Crippen LogP contribution in [0.5, 0.6) is 0 Å². The van der Waals surface area contributed by atoms with Crippen molar-refractivity contribution < 1.29 is 9.47 Å². The summed E-state index contributed by atoms with van der Waals surface area (Å²) in [6.07, 6.45) is 0.161. The summed E-state index contributed by atoms with van der Waals surface area (Å²) in [6, 6.07) is 0. The van der Waals surface area contributed by atoms with Crippen LogP contribution in [0.15, 0.2) is 0 Å². The molecule has 0 aliphatic carbocycles. The maximum Gasteiger partial charge on any atom is 0.0931 e. The molecule has 0 heterocycles. The Morgan fingerprint density at radius 1 is 1.13 bits per heavy atom. The van der Waals surface area contributed by atoms with Gasteiger partial charge in [0.15, 0.2) is 0 Å². The molecule has 0 amide bonds. The van der Waals surface area contributed by atoms with E-state index < -0.39 is 0 Å². The number of rotatable bonds is 5. The van der Waals surface area contributed by atoms with Crippen LogP contribution in [0.2, 0.25) is 0 Å². The van der Waals surface area contributed by atoms with Crippen molar-refractivity contribution in [2.45, 2.75) is 46.3 Å². The Labute approximate surface area is 95.7 Å². The fourth-order valence-corrected chi connectivity index (χ4v) is 0.945. The van der Waals surface area contributed by atoms with Crippen molar-refractivity contribution in [3.63, 3.8) is 0 Å². The summed E-state index contributed by atoms with van der Waals surface area (Å²) in [7, 11) is 5.78. The summed E-state index contributed by atoms with van der Waals surface area (Å²) in [6.45, 7) is 11.7. The van der Waals surface area contributed by atoms with Gasteiger partial charge in [0.05, 0.1) is 18.3 Å². The van der Waals surface area contributed by atoms with E-state index in [-0.39, 0.29) is 11.7 Å². The molecule has 0 fully saturated rings. The minimum Gasteiger partial charge on any atom is -0.378 e. The zero-order chi connectivity index (χ0) is 12.5. The monoisotopic (exact) mass is 219 g/mol. The molecule has 3 nitrogen and oxygen atoms in total. The molecule has 15 heavy (non-hydrogen) atoms. The van der Waals surface area contributed by atoms with E-state index in [0.717, 1.165) is 6.54 Å². The lowest BCUT2D eigenvalue weighted by atomic mass is 10.2. The Hall–Kier alpha value is -0.120. The van der Waals surface area contributed by atoms with Gasteiger partial charge in [-0.05, 0) is 34.9 Å². The summed E-state index contributed by atoms with van der Waals surface area (Å²) >= 11 is 0. The van der Waals surface area contributed by atoms with Gasteiger partial charge in [0.1, 0.15) is 0 Å². The van der Waals surface area contributed by atoms with Gasteiger partial charge in [-0.25, -0.2) is 0 Å². The fourth-order valence-electron chi connectivity index (χ4n) is 0.945. The van der Waals surface area contributed by atoms with Crippen LogP contribution in [-0.2, 0) is 9.47 Å². The van der Waals surface area contributed by atoms with E-state index in [4.69, 9.17) is 9.47 Å². The van der Waals surface area contributed by atoms with Crippen LogP contribution in [-0.4, -0.2) is 51.0 Å². The molecule has 0 saturated carbocycles. The number of likely N-dealkylation sites (N-methyl/N-ethyl adjacent to an activating group) is 1. The van der Waals surface area contributed by atoms with E-state index in [2.05, 4.69) is 25.7 Å². The molecular weight excluding hydrogens is 190 g/mol. The molecule has 1 unspecified atom stereocenters. The molecule has 1 atom stereocenters. The Kier molecular flexibility index (Phi) is 10.5. The minimum atomic E-state index is -0.0803. The lowest BCUT2D eigenvalue weighted by Crippen LogP contribution is -2.34. The minimum absolute atomic E-state index is 0.0803. The van der Waals surface area contributed by atoms with E-state index in [1.807, 2.05) is 27.9 Å². The van der Waals surface area contributed by atoms with E-state index in [9.17, 15) is 0 Å². The molecule has 0 aliphatic heterocycles. The Balaban J connectivity index is 0. The van der Waals surface area contributed by atoms with Crippen molar-refractivity contribution in [1.82, 2.24) is 4.90 Å². The van der Waals surface area contributed by atoms with Crippen LogP contribution < -0.4 is 0 Å². The Bertz CT molecular complexity index is 130. The molecular formula is C12H29NO2. The van der Waals surface area contributed by atoms with Crippen molar-refractivity contribution in [3.8, 4) is 0 Å². The molecule has 0 saturated heterocycles. The third-order valence-electron chi connectivity index (χ3n) is 1.60. The molecule has 0 radical (unpaired) electrons. The van der Waals surface area contributed by atoms with E-state index in [1.165, 1.54) is 0 Å². The quantitative estimate of drug-likeness (QED) is 0.709. The van der Waals surface area contributed by atoms with Crippen LogP contribution in [0.3, 0.4) is 0 Å². The van der Waals surface area contributed by atoms with Crippen molar-refractivity contribution in [2.75, 3.05) is 34.4 Å². The normalized spacial score (nSPS) is 13.4. The molecule has 0 aromatic heterocycles. The SMILES string of the molecule is CC.COC(COC(C)(C)C)CN(C)C. The number of ether oxygens (including phenoxy) is 2. The third-order valence-corrected chi connectivity index (χ3v) is 1.60. The highest BCUT2D eigenvalue weighted by Crippen LogP contribution is 2.08. The zero-order valence-corrected chi connectivity index (χ0v) is 11.8. The first-order chi connectivity index (χ1) is 6.85. The maximum absolute atomic E-state index is 5.63. The molecule has 0 bridgehead atoms. The van der Waals surface area contributed by atoms with Crippen LogP contribution in [0.4, 0.5) is 0 Å². The molecule has 0 aromatic carbocycles. The standard InChI is InChI=1S/C10H23NO2.C2H6/c1-10(2,3)13-8-9(12-6)7-11(4)5;1-2/h9H,7-8H2,1-6H3;1-2H3. The molecule has 0 spiro atoms. The number of hydrogen-bond donors (Lipinski definition) is 0. The largest absolute Gasteiger partial charge is 0.378 e. The summed E-state index contributed by atoms with van der Waals surface area (Å²) < 4.78 is 10.9. The number of methoxy groups -OCH3 is 1. The lowest BCUT2D eigenvalue weighted by Gasteiger charge is -2.25. The van der Waals surface area contributed by atoms with Crippen molar-refractivity contribution in [3.05, 3.63) is 0 Å². The second-order valence-electron chi connectivity index (χ2n) is 4.54. The average Bonchev–Trinajstić information content (AvgIpc) is 2.13. The smallest absolute Gasteiger partial charge is 0.0931 e. The van der Waals surface area contributed by atoms with Gasteiger partial charge in [0.2, 0.25) is 0 Å². The van der Waals surface area contributed by atoms with Gasteiger partial charge < -0.3 is 14.4 Å². The first kappa shape index (κ1) is 17.3. The predicted octanol–water partition coefficient (Wildman–Crippen LogP) is 2.40. The van der Waals surface area contributed by atoms with Gasteiger partial charge in [-0.1, -0.05) is 13.8 Å². The highest BCUT2D eigenvalue weighted by molar-refractivity contribution is 4.64. The summed E-state index contributed by atoms with van der Waals surface area (Å²) in [4.78, 5) is 2.10. The first-order valence-electron chi connectivity index (χ1n) is 5.66. The molecule has 0 aromatic rings. The average molecular weight is 219 g/mol. The van der Waals surface area contributed by atoms with Gasteiger partial charge in [-0.2, -0.15) is 0 Å². The Morgan fingerprint density at radius 2 is 1.60 bits per heavy atom. The van der Waals surface area contributed by atoms with E-state index in [1.54, 1.807) is 7.11 Å². The fraction of sp³-hybridized carbons (Fsp3) is 1.00. The molecule has 3 heteroatoms. The topological polar surface area (TPSA) is 21.7 Å². The molecule has 0 aliphatic rings. The van der Waals surface area contributed by atoms with Crippen LogP contribution >= 0.6 is 0 Å². The summed E-state index contributed by atoms with van der Waals surface area (Å²) in [5.41, 5.74) is -0.0803. The first-order valence-corrected chi connectivity index (χ1v) is 5.66. The van der Waals surface area contributed by atoms with Gasteiger partial charge in [-0.3, -0.25) is 0 Å². The van der Waals surface area contributed by atoms with Crippen LogP contribution in [0, 0.1) is 0 Å². The van der Waals surface area contributed by atoms with Gasteiger partial charge in [0, 0.05) is 13.7 Å². The molecule has 94 valence electrons. The third kappa shape index (κ3) is 13.9. The van der Waals surface area contributed by atoms with Gasteiger partial charge in [0.25, 0.3) is 0 Å². The summed E-state index contributed by atoms with van der Waals surface area (Å²) in [5.74, 6) is 0. The lowest BCUT2D eigenvalue weighted by molar-refractivity contribution is -0.0658.